The highest BCUT2D eigenvalue weighted by Crippen LogP contribution is 2.13. The van der Waals surface area contributed by atoms with E-state index in [1.807, 2.05) is 65.3 Å². The zero-order valence-corrected chi connectivity index (χ0v) is 12.0. The molecular weight excluding hydrogens is 268 g/mol. The normalized spacial score (nSPS) is 10.7. The second-order valence-electron chi connectivity index (χ2n) is 4.18. The highest BCUT2D eigenvalue weighted by molar-refractivity contribution is 7.99. The average Bonchev–Trinajstić information content (AvgIpc) is 2.94. The van der Waals surface area contributed by atoms with E-state index < -0.39 is 0 Å². The Labute approximate surface area is 122 Å². The van der Waals surface area contributed by atoms with Crippen LogP contribution in [0.4, 0.5) is 0 Å². The topological polar surface area (TPSA) is 34.6 Å². The van der Waals surface area contributed by atoms with E-state index in [-0.39, 0.29) is 0 Å². The summed E-state index contributed by atoms with van der Waals surface area (Å²) in [7, 11) is 0. The Balaban J connectivity index is 2.08. The van der Waals surface area contributed by atoms with Crippen molar-refractivity contribution in [2.45, 2.75) is 12.1 Å². The van der Waals surface area contributed by atoms with Gasteiger partial charge in [-0.1, -0.05) is 48.0 Å². The molecule has 0 N–H and O–H groups in total. The molecule has 0 radical (unpaired) electrons. The van der Waals surface area contributed by atoms with Gasteiger partial charge in [0.25, 0.3) is 0 Å². The number of hydrogen-bond donors (Lipinski definition) is 0. The number of tetrazole rings is 1. The predicted molar refractivity (Wildman–Crippen MR) is 79.3 cm³/mol. The Morgan fingerprint density at radius 3 is 2.30 bits per heavy atom. The zero-order chi connectivity index (χ0) is 13.8. The van der Waals surface area contributed by atoms with Crippen molar-refractivity contribution in [3.8, 4) is 11.4 Å². The van der Waals surface area contributed by atoms with Crippen LogP contribution in [0.2, 0.25) is 0 Å². The van der Waals surface area contributed by atoms with E-state index in [0.29, 0.717) is 0 Å². The van der Waals surface area contributed by atoms with Gasteiger partial charge in [-0.05, 0) is 36.0 Å². The molecule has 100 valence electrons. The average molecular weight is 283 g/mol. The number of hydrogen-bond acceptors (Lipinski definition) is 3. The molecule has 1 aromatic heterocycles. The molecule has 0 fully saturated rings. The van der Waals surface area contributed by atoms with Gasteiger partial charge in [-0.3, -0.25) is 0 Å². The van der Waals surface area contributed by atoms with Crippen molar-refractivity contribution in [1.82, 2.24) is 15.1 Å². The lowest BCUT2D eigenvalue weighted by Crippen LogP contribution is -2.35. The molecule has 3 aromatic rings. The molecule has 0 aliphatic carbocycles. The second kappa shape index (κ2) is 5.88. The Bertz CT molecular complexity index is 680. The minimum atomic E-state index is 0.891. The van der Waals surface area contributed by atoms with Crippen molar-refractivity contribution in [3.05, 3.63) is 60.7 Å². The summed E-state index contributed by atoms with van der Waals surface area (Å²) in [5.74, 6) is 0.959. The van der Waals surface area contributed by atoms with Crippen LogP contribution < -0.4 is 4.68 Å². The van der Waals surface area contributed by atoms with Crippen LogP contribution in [0.1, 0.15) is 6.92 Å². The first-order chi connectivity index (χ1) is 9.88. The van der Waals surface area contributed by atoms with Crippen molar-refractivity contribution >= 4 is 11.8 Å². The van der Waals surface area contributed by atoms with Gasteiger partial charge in [-0.2, -0.15) is 0 Å². The van der Waals surface area contributed by atoms with Crippen molar-refractivity contribution in [2.75, 3.05) is 5.75 Å². The van der Waals surface area contributed by atoms with Gasteiger partial charge >= 0.3 is 5.16 Å². The molecule has 0 bridgehead atoms. The number of thioether (sulfide) groups is 1. The number of rotatable bonds is 4. The lowest BCUT2D eigenvalue weighted by Gasteiger charge is -1.94. The molecule has 0 spiro atoms. The number of nitrogens with zero attached hydrogens (tertiary/aromatic N) is 4. The first kappa shape index (κ1) is 12.9. The van der Waals surface area contributed by atoms with E-state index in [4.69, 9.17) is 0 Å². The fourth-order valence-corrected chi connectivity index (χ4v) is 2.54. The number of para-hydroxylation sites is 2. The molecular formula is C15H15N4S+. The van der Waals surface area contributed by atoms with E-state index >= 15 is 0 Å². The number of benzene rings is 2. The van der Waals surface area contributed by atoms with Gasteiger partial charge in [0.15, 0.2) is 5.69 Å². The fraction of sp³-hybridized carbons (Fsp3) is 0.133. The smallest absolute Gasteiger partial charge is 0.0919 e. The molecule has 0 saturated heterocycles. The van der Waals surface area contributed by atoms with Crippen LogP contribution >= 0.6 is 11.8 Å². The molecule has 3 rings (SSSR count). The fourth-order valence-electron chi connectivity index (χ4n) is 1.89. The third-order valence-electron chi connectivity index (χ3n) is 2.80. The standard InChI is InChI=1S/C15H15N4S/c1-2-20-15-16-19(14-11-7-4-8-12-14)17-18(15)13-9-5-3-6-10-13/h3-12H,2H2,1H3/q+1. The molecule has 0 atom stereocenters. The minimum Gasteiger partial charge on any atom is -0.0919 e. The third kappa shape index (κ3) is 2.58. The third-order valence-corrected chi connectivity index (χ3v) is 3.60. The molecule has 4 nitrogen and oxygen atoms in total. The van der Waals surface area contributed by atoms with Crippen LogP contribution in [0.5, 0.6) is 0 Å². The summed E-state index contributed by atoms with van der Waals surface area (Å²) in [6.07, 6.45) is 0. The monoisotopic (exact) mass is 283 g/mol. The molecule has 5 heteroatoms. The maximum atomic E-state index is 4.58. The van der Waals surface area contributed by atoms with E-state index in [9.17, 15) is 0 Å². The van der Waals surface area contributed by atoms with Crippen LogP contribution in [0.3, 0.4) is 0 Å². The maximum Gasteiger partial charge on any atom is 0.363 e. The molecule has 0 aliphatic heterocycles. The largest absolute Gasteiger partial charge is 0.363 e. The van der Waals surface area contributed by atoms with Gasteiger partial charge in [-0.25, -0.2) is 0 Å². The highest BCUT2D eigenvalue weighted by Gasteiger charge is 2.21. The maximum absolute atomic E-state index is 4.58. The zero-order valence-electron chi connectivity index (χ0n) is 11.2. The molecule has 0 aliphatic rings. The van der Waals surface area contributed by atoms with Crippen molar-refractivity contribution < 1.29 is 4.68 Å². The Morgan fingerprint density at radius 1 is 1.00 bits per heavy atom. The van der Waals surface area contributed by atoms with E-state index in [1.54, 1.807) is 16.6 Å². The highest BCUT2D eigenvalue weighted by atomic mass is 32.2. The van der Waals surface area contributed by atoms with Gasteiger partial charge in [0.2, 0.25) is 0 Å². The lowest BCUT2D eigenvalue weighted by atomic mass is 10.3. The SMILES string of the molecule is CCSc1nn(-c2ccccc2)n[n+]1-c1ccccc1. The van der Waals surface area contributed by atoms with Gasteiger partial charge < -0.3 is 0 Å². The molecule has 20 heavy (non-hydrogen) atoms. The molecule has 0 amide bonds. The molecule has 2 aromatic carbocycles. The summed E-state index contributed by atoms with van der Waals surface area (Å²) >= 11 is 1.68. The van der Waals surface area contributed by atoms with Gasteiger partial charge in [0.05, 0.1) is 10.3 Å². The Kier molecular flexibility index (Phi) is 3.78. The van der Waals surface area contributed by atoms with Crippen LogP contribution in [-0.4, -0.2) is 20.9 Å². The van der Waals surface area contributed by atoms with Crippen LogP contribution in [-0.2, 0) is 0 Å². The summed E-state index contributed by atoms with van der Waals surface area (Å²) in [6, 6.07) is 20.0. The number of aromatic nitrogens is 4. The minimum absolute atomic E-state index is 0.891. The van der Waals surface area contributed by atoms with E-state index in [0.717, 1.165) is 22.3 Å². The molecule has 1 heterocycles. The molecule has 0 saturated carbocycles. The van der Waals surface area contributed by atoms with Crippen molar-refractivity contribution in [2.24, 2.45) is 0 Å². The molecule has 0 unspecified atom stereocenters. The lowest BCUT2D eigenvalue weighted by molar-refractivity contribution is -0.698. The first-order valence-corrected chi connectivity index (χ1v) is 7.50. The Hall–Kier alpha value is -2.14. The van der Waals surface area contributed by atoms with Gasteiger partial charge in [0, 0.05) is 10.5 Å². The summed E-state index contributed by atoms with van der Waals surface area (Å²) in [5, 5.41) is 10.0. The summed E-state index contributed by atoms with van der Waals surface area (Å²) in [5.41, 5.74) is 1.98. The summed E-state index contributed by atoms with van der Waals surface area (Å²) in [4.78, 5) is 1.67. The quantitative estimate of drug-likeness (QED) is 0.545. The predicted octanol–water partition coefficient (Wildman–Crippen LogP) is 2.66. The van der Waals surface area contributed by atoms with Crippen molar-refractivity contribution in [3.63, 3.8) is 0 Å². The van der Waals surface area contributed by atoms with Gasteiger partial charge in [-0.15, -0.1) is 0 Å². The van der Waals surface area contributed by atoms with Crippen molar-refractivity contribution in [1.29, 1.82) is 0 Å². The van der Waals surface area contributed by atoms with E-state index in [2.05, 4.69) is 17.2 Å². The first-order valence-electron chi connectivity index (χ1n) is 6.52. The van der Waals surface area contributed by atoms with Gasteiger partial charge in [0.1, 0.15) is 5.69 Å². The van der Waals surface area contributed by atoms with E-state index in [1.165, 1.54) is 0 Å². The summed E-state index contributed by atoms with van der Waals surface area (Å²) in [6.45, 7) is 2.11. The van der Waals surface area contributed by atoms with Crippen LogP contribution in [0.25, 0.3) is 11.4 Å². The van der Waals surface area contributed by atoms with Crippen LogP contribution in [0, 0.1) is 0 Å². The second-order valence-corrected chi connectivity index (χ2v) is 5.41. The van der Waals surface area contributed by atoms with Crippen LogP contribution in [0.15, 0.2) is 65.8 Å². The summed E-state index contributed by atoms with van der Waals surface area (Å²) < 4.78 is 1.88. The Morgan fingerprint density at radius 2 is 1.65 bits per heavy atom.